The fourth-order valence-electron chi connectivity index (χ4n) is 0.677. The van der Waals surface area contributed by atoms with Crippen LogP contribution in [-0.2, 0) is 4.79 Å². The molecule has 0 saturated carbocycles. The summed E-state index contributed by atoms with van der Waals surface area (Å²) >= 11 is 0. The number of carbonyl (C=O) groups is 1. The van der Waals surface area contributed by atoms with Gasteiger partial charge in [0.2, 0.25) is 0 Å². The third kappa shape index (κ3) is 5.35. The van der Waals surface area contributed by atoms with Crippen LogP contribution in [0.5, 0.6) is 0 Å². The lowest BCUT2D eigenvalue weighted by atomic mass is 10.2. The van der Waals surface area contributed by atoms with Crippen LogP contribution >= 0.6 is 0 Å². The molecule has 2 N–H and O–H groups in total. The van der Waals surface area contributed by atoms with E-state index in [4.69, 9.17) is 5.73 Å². The number of unbranched alkanes of at least 4 members (excludes halogenated alkanes) is 1. The van der Waals surface area contributed by atoms with Crippen LogP contribution < -0.4 is 5.73 Å². The van der Waals surface area contributed by atoms with E-state index in [-0.39, 0.29) is 5.78 Å². The lowest BCUT2D eigenvalue weighted by molar-refractivity contribution is -0.114. The van der Waals surface area contributed by atoms with Crippen molar-refractivity contribution in [3.05, 3.63) is 11.8 Å². The maximum absolute atomic E-state index is 10.9. The summed E-state index contributed by atoms with van der Waals surface area (Å²) in [5, 5.41) is 0. The largest absolute Gasteiger partial charge is 0.402 e. The number of hydrogen-bond acceptors (Lipinski definition) is 2. The van der Waals surface area contributed by atoms with Crippen molar-refractivity contribution in [1.29, 1.82) is 0 Å². The molecule has 0 aromatic rings. The zero-order valence-electron chi connectivity index (χ0n) is 6.68. The van der Waals surface area contributed by atoms with Crippen LogP contribution in [-0.4, -0.2) is 5.78 Å². The highest BCUT2D eigenvalue weighted by Gasteiger charge is 1.94. The Balaban J connectivity index is 3.54. The number of allylic oxidation sites excluding steroid dienone is 2. The van der Waals surface area contributed by atoms with Crippen molar-refractivity contribution in [1.82, 2.24) is 0 Å². The second-order valence-corrected chi connectivity index (χ2v) is 2.46. The van der Waals surface area contributed by atoms with E-state index in [1.807, 2.05) is 0 Å². The Morgan fingerprint density at radius 1 is 1.60 bits per heavy atom. The second-order valence-electron chi connectivity index (χ2n) is 2.46. The average Bonchev–Trinajstić information content (AvgIpc) is 1.82. The molecule has 0 fully saturated rings. The van der Waals surface area contributed by atoms with Gasteiger partial charge in [-0.2, -0.15) is 0 Å². The Morgan fingerprint density at radius 3 is 2.60 bits per heavy atom. The van der Waals surface area contributed by atoms with Crippen LogP contribution in [0, 0.1) is 0 Å². The van der Waals surface area contributed by atoms with E-state index in [1.165, 1.54) is 6.08 Å². The Kier molecular flexibility index (Phi) is 4.63. The summed E-state index contributed by atoms with van der Waals surface area (Å²) in [5.41, 5.74) is 5.90. The SMILES string of the molecule is CCCCC(=O)/C=C(/C)N. The van der Waals surface area contributed by atoms with Crippen LogP contribution in [0.25, 0.3) is 0 Å². The van der Waals surface area contributed by atoms with Crippen molar-refractivity contribution in [3.63, 3.8) is 0 Å². The van der Waals surface area contributed by atoms with Gasteiger partial charge in [0.05, 0.1) is 0 Å². The molecule has 0 aliphatic carbocycles. The first kappa shape index (κ1) is 9.21. The first-order chi connectivity index (χ1) is 4.66. The van der Waals surface area contributed by atoms with Crippen molar-refractivity contribution >= 4 is 5.78 Å². The van der Waals surface area contributed by atoms with E-state index < -0.39 is 0 Å². The first-order valence-corrected chi connectivity index (χ1v) is 3.63. The second kappa shape index (κ2) is 5.03. The van der Waals surface area contributed by atoms with E-state index in [1.54, 1.807) is 6.92 Å². The fourth-order valence-corrected chi connectivity index (χ4v) is 0.677. The molecule has 0 radical (unpaired) electrons. The standard InChI is InChI=1S/C8H15NO/c1-3-4-5-8(10)6-7(2)9/h6H,3-5,9H2,1-2H3/b7-6-. The van der Waals surface area contributed by atoms with Gasteiger partial charge in [0.15, 0.2) is 5.78 Å². The van der Waals surface area contributed by atoms with Crippen molar-refractivity contribution < 1.29 is 4.79 Å². The summed E-state index contributed by atoms with van der Waals surface area (Å²) in [6.45, 7) is 3.79. The van der Waals surface area contributed by atoms with Crippen molar-refractivity contribution in [3.8, 4) is 0 Å². The molecule has 0 rings (SSSR count). The monoisotopic (exact) mass is 141 g/mol. The molecule has 58 valence electrons. The molecule has 0 bridgehead atoms. The zero-order valence-corrected chi connectivity index (χ0v) is 6.68. The van der Waals surface area contributed by atoms with Gasteiger partial charge >= 0.3 is 0 Å². The summed E-state index contributed by atoms with van der Waals surface area (Å²) in [6, 6.07) is 0. The van der Waals surface area contributed by atoms with Gasteiger partial charge in [-0.3, -0.25) is 4.79 Å². The van der Waals surface area contributed by atoms with Gasteiger partial charge < -0.3 is 5.73 Å². The smallest absolute Gasteiger partial charge is 0.157 e. The lowest BCUT2D eigenvalue weighted by Gasteiger charge is -1.92. The van der Waals surface area contributed by atoms with Crippen molar-refractivity contribution in [2.75, 3.05) is 0 Å². The van der Waals surface area contributed by atoms with Crippen molar-refractivity contribution in [2.24, 2.45) is 5.73 Å². The molecule has 0 aromatic carbocycles. The Hall–Kier alpha value is -0.790. The van der Waals surface area contributed by atoms with Gasteiger partial charge in [-0.1, -0.05) is 13.3 Å². The molecule has 0 spiro atoms. The van der Waals surface area contributed by atoms with Gasteiger partial charge in [-0.25, -0.2) is 0 Å². The molecule has 0 aromatic heterocycles. The third-order valence-corrected chi connectivity index (χ3v) is 1.17. The number of rotatable bonds is 4. The molecular formula is C8H15NO. The Bertz CT molecular complexity index is 134. The van der Waals surface area contributed by atoms with E-state index in [0.29, 0.717) is 12.1 Å². The van der Waals surface area contributed by atoms with Crippen LogP contribution in [0.4, 0.5) is 0 Å². The highest BCUT2D eigenvalue weighted by Crippen LogP contribution is 1.96. The van der Waals surface area contributed by atoms with Crippen molar-refractivity contribution in [2.45, 2.75) is 33.1 Å². The summed E-state index contributed by atoms with van der Waals surface area (Å²) in [5.74, 6) is 0.141. The molecule has 2 nitrogen and oxygen atoms in total. The quantitative estimate of drug-likeness (QED) is 0.604. The number of carbonyl (C=O) groups excluding carboxylic acids is 1. The summed E-state index contributed by atoms with van der Waals surface area (Å²) in [4.78, 5) is 10.9. The first-order valence-electron chi connectivity index (χ1n) is 3.63. The van der Waals surface area contributed by atoms with Gasteiger partial charge in [-0.05, 0) is 19.4 Å². The molecule has 0 amide bonds. The van der Waals surface area contributed by atoms with E-state index in [9.17, 15) is 4.79 Å². The summed E-state index contributed by atoms with van der Waals surface area (Å²) < 4.78 is 0. The number of hydrogen-bond donors (Lipinski definition) is 1. The summed E-state index contributed by atoms with van der Waals surface area (Å²) in [6.07, 6.45) is 4.15. The molecule has 0 saturated heterocycles. The minimum Gasteiger partial charge on any atom is -0.402 e. The number of ketones is 1. The molecule has 10 heavy (non-hydrogen) atoms. The predicted octanol–water partition coefficient (Wildman–Crippen LogP) is 1.61. The van der Waals surface area contributed by atoms with Crippen LogP contribution in [0.1, 0.15) is 33.1 Å². The Morgan fingerprint density at radius 2 is 2.20 bits per heavy atom. The minimum atomic E-state index is 0.141. The highest BCUT2D eigenvalue weighted by molar-refractivity contribution is 5.89. The lowest BCUT2D eigenvalue weighted by Crippen LogP contribution is -1.98. The average molecular weight is 141 g/mol. The van der Waals surface area contributed by atoms with Crippen LogP contribution in [0.15, 0.2) is 11.8 Å². The maximum atomic E-state index is 10.9. The van der Waals surface area contributed by atoms with Gasteiger partial charge in [0.25, 0.3) is 0 Å². The normalized spacial score (nSPS) is 11.6. The molecule has 0 unspecified atom stereocenters. The van der Waals surface area contributed by atoms with E-state index in [2.05, 4.69) is 6.92 Å². The summed E-state index contributed by atoms with van der Waals surface area (Å²) in [7, 11) is 0. The van der Waals surface area contributed by atoms with E-state index >= 15 is 0 Å². The molecular weight excluding hydrogens is 126 g/mol. The minimum absolute atomic E-state index is 0.141. The predicted molar refractivity (Wildman–Crippen MR) is 42.5 cm³/mol. The molecule has 0 atom stereocenters. The van der Waals surface area contributed by atoms with Crippen LogP contribution in [0.2, 0.25) is 0 Å². The fraction of sp³-hybridized carbons (Fsp3) is 0.625. The third-order valence-electron chi connectivity index (χ3n) is 1.17. The maximum Gasteiger partial charge on any atom is 0.157 e. The number of nitrogens with two attached hydrogens (primary N) is 1. The zero-order chi connectivity index (χ0) is 7.98. The van der Waals surface area contributed by atoms with Gasteiger partial charge in [0.1, 0.15) is 0 Å². The van der Waals surface area contributed by atoms with E-state index in [0.717, 1.165) is 12.8 Å². The van der Waals surface area contributed by atoms with Gasteiger partial charge in [0, 0.05) is 12.1 Å². The topological polar surface area (TPSA) is 43.1 Å². The molecule has 0 heterocycles. The molecule has 0 aliphatic rings. The van der Waals surface area contributed by atoms with Gasteiger partial charge in [-0.15, -0.1) is 0 Å². The van der Waals surface area contributed by atoms with Crippen LogP contribution in [0.3, 0.4) is 0 Å². The Labute approximate surface area is 62.1 Å². The highest BCUT2D eigenvalue weighted by atomic mass is 16.1. The molecule has 2 heteroatoms. The molecule has 0 aliphatic heterocycles.